The van der Waals surface area contributed by atoms with Gasteiger partial charge in [-0.3, -0.25) is 4.79 Å². The van der Waals surface area contributed by atoms with Crippen molar-refractivity contribution in [1.29, 1.82) is 0 Å². The molecule has 0 saturated carbocycles. The summed E-state index contributed by atoms with van der Waals surface area (Å²) in [7, 11) is 0. The van der Waals surface area contributed by atoms with Gasteiger partial charge < -0.3 is 15.1 Å². The highest BCUT2D eigenvalue weighted by molar-refractivity contribution is 9.10. The Hall–Kier alpha value is -1.75. The lowest BCUT2D eigenvalue weighted by Crippen LogP contribution is -2.30. The first-order chi connectivity index (χ1) is 8.61. The zero-order valence-electron chi connectivity index (χ0n) is 9.89. The summed E-state index contributed by atoms with van der Waals surface area (Å²) in [6.45, 7) is 2.44. The number of halogens is 1. The van der Waals surface area contributed by atoms with Crippen LogP contribution in [0.4, 0.5) is 11.4 Å². The minimum Gasteiger partial charge on any atom is -0.444 e. The average Bonchev–Trinajstić information content (AvgIpc) is 2.77. The number of carbonyl (C=O) groups is 1. The van der Waals surface area contributed by atoms with Crippen molar-refractivity contribution in [2.75, 3.05) is 17.2 Å². The SMILES string of the molecule is CCN(C(=O)c1ccc(Br)o1)c1cccc(N)c1. The van der Waals surface area contributed by atoms with Gasteiger partial charge in [0.1, 0.15) is 0 Å². The van der Waals surface area contributed by atoms with Crippen molar-refractivity contribution in [1.82, 2.24) is 0 Å². The number of anilines is 2. The molecule has 1 heterocycles. The summed E-state index contributed by atoms with van der Waals surface area (Å²) >= 11 is 3.18. The van der Waals surface area contributed by atoms with Crippen molar-refractivity contribution >= 4 is 33.2 Å². The van der Waals surface area contributed by atoms with Crippen LogP contribution in [-0.2, 0) is 0 Å². The zero-order chi connectivity index (χ0) is 13.1. The van der Waals surface area contributed by atoms with Crippen LogP contribution in [0.15, 0.2) is 45.5 Å². The summed E-state index contributed by atoms with van der Waals surface area (Å²) in [4.78, 5) is 13.9. The Kier molecular flexibility index (Phi) is 3.72. The van der Waals surface area contributed by atoms with E-state index in [1.807, 2.05) is 19.1 Å². The second kappa shape index (κ2) is 5.27. The predicted molar refractivity (Wildman–Crippen MR) is 74.6 cm³/mol. The van der Waals surface area contributed by atoms with Crippen LogP contribution in [0, 0.1) is 0 Å². The summed E-state index contributed by atoms with van der Waals surface area (Å²) in [5.74, 6) is 0.111. The Bertz CT molecular complexity index is 566. The van der Waals surface area contributed by atoms with Gasteiger partial charge in [0.05, 0.1) is 0 Å². The topological polar surface area (TPSA) is 59.5 Å². The van der Waals surface area contributed by atoms with Gasteiger partial charge in [-0.25, -0.2) is 0 Å². The maximum Gasteiger partial charge on any atom is 0.294 e. The minimum absolute atomic E-state index is 0.186. The normalized spacial score (nSPS) is 10.3. The van der Waals surface area contributed by atoms with E-state index < -0.39 is 0 Å². The van der Waals surface area contributed by atoms with Crippen LogP contribution in [0.5, 0.6) is 0 Å². The molecular weight excluding hydrogens is 296 g/mol. The van der Waals surface area contributed by atoms with E-state index in [4.69, 9.17) is 10.2 Å². The van der Waals surface area contributed by atoms with Gasteiger partial charge in [0.25, 0.3) is 5.91 Å². The van der Waals surface area contributed by atoms with E-state index in [-0.39, 0.29) is 5.91 Å². The molecule has 0 unspecified atom stereocenters. The maximum atomic E-state index is 12.3. The first-order valence-corrected chi connectivity index (χ1v) is 6.34. The molecule has 18 heavy (non-hydrogen) atoms. The molecule has 0 saturated heterocycles. The number of carbonyl (C=O) groups excluding carboxylic acids is 1. The van der Waals surface area contributed by atoms with Crippen LogP contribution >= 0.6 is 15.9 Å². The average molecular weight is 309 g/mol. The molecule has 0 fully saturated rings. The molecule has 0 aliphatic carbocycles. The van der Waals surface area contributed by atoms with Crippen molar-refractivity contribution in [3.05, 3.63) is 46.8 Å². The second-order valence-corrected chi connectivity index (χ2v) is 4.53. The molecule has 4 nitrogen and oxygen atoms in total. The predicted octanol–water partition coefficient (Wildman–Crippen LogP) is 3.29. The molecular formula is C13H13BrN2O2. The van der Waals surface area contributed by atoms with Gasteiger partial charge in [-0.15, -0.1) is 0 Å². The van der Waals surface area contributed by atoms with Gasteiger partial charge in [0, 0.05) is 17.9 Å². The fourth-order valence-electron chi connectivity index (χ4n) is 1.70. The number of furan rings is 1. The molecule has 94 valence electrons. The van der Waals surface area contributed by atoms with E-state index in [1.54, 1.807) is 29.2 Å². The smallest absolute Gasteiger partial charge is 0.294 e. The third-order valence-electron chi connectivity index (χ3n) is 2.53. The van der Waals surface area contributed by atoms with Gasteiger partial charge in [0.15, 0.2) is 10.4 Å². The van der Waals surface area contributed by atoms with Crippen LogP contribution in [-0.4, -0.2) is 12.5 Å². The summed E-state index contributed by atoms with van der Waals surface area (Å²) in [5.41, 5.74) is 7.11. The van der Waals surface area contributed by atoms with Crippen LogP contribution < -0.4 is 10.6 Å². The fraction of sp³-hybridized carbons (Fsp3) is 0.154. The van der Waals surface area contributed by atoms with E-state index in [0.717, 1.165) is 5.69 Å². The van der Waals surface area contributed by atoms with Crippen LogP contribution in [0.1, 0.15) is 17.5 Å². The highest BCUT2D eigenvalue weighted by Crippen LogP contribution is 2.22. The molecule has 0 spiro atoms. The molecule has 2 aromatic rings. The van der Waals surface area contributed by atoms with E-state index in [2.05, 4.69) is 15.9 Å². The Morgan fingerprint density at radius 2 is 2.17 bits per heavy atom. The number of nitrogens with two attached hydrogens (primary N) is 1. The van der Waals surface area contributed by atoms with Crippen molar-refractivity contribution in [2.24, 2.45) is 0 Å². The highest BCUT2D eigenvalue weighted by Gasteiger charge is 2.19. The van der Waals surface area contributed by atoms with Crippen molar-refractivity contribution in [3.8, 4) is 0 Å². The lowest BCUT2D eigenvalue weighted by molar-refractivity contribution is 0.0960. The molecule has 5 heteroatoms. The first kappa shape index (κ1) is 12.7. The summed E-state index contributed by atoms with van der Waals surface area (Å²) in [6, 6.07) is 10.5. The Morgan fingerprint density at radius 1 is 1.39 bits per heavy atom. The van der Waals surface area contributed by atoms with Crippen LogP contribution in [0.2, 0.25) is 0 Å². The van der Waals surface area contributed by atoms with E-state index in [0.29, 0.717) is 22.7 Å². The number of nitrogen functional groups attached to an aromatic ring is 1. The summed E-state index contributed by atoms with van der Waals surface area (Å²) in [6.07, 6.45) is 0. The first-order valence-electron chi connectivity index (χ1n) is 5.54. The Balaban J connectivity index is 2.31. The number of rotatable bonds is 3. The lowest BCUT2D eigenvalue weighted by Gasteiger charge is -2.20. The molecule has 0 aliphatic heterocycles. The lowest BCUT2D eigenvalue weighted by atomic mass is 10.2. The Labute approximate surface area is 114 Å². The molecule has 1 aromatic carbocycles. The quantitative estimate of drug-likeness (QED) is 0.885. The largest absolute Gasteiger partial charge is 0.444 e. The van der Waals surface area contributed by atoms with Crippen molar-refractivity contribution < 1.29 is 9.21 Å². The Morgan fingerprint density at radius 3 is 2.72 bits per heavy atom. The number of hydrogen-bond acceptors (Lipinski definition) is 3. The third-order valence-corrected chi connectivity index (χ3v) is 2.95. The van der Waals surface area contributed by atoms with E-state index in [9.17, 15) is 4.79 Å². The molecule has 2 N–H and O–H groups in total. The van der Waals surface area contributed by atoms with E-state index in [1.165, 1.54) is 0 Å². The monoisotopic (exact) mass is 308 g/mol. The molecule has 0 aliphatic rings. The van der Waals surface area contributed by atoms with Gasteiger partial charge in [0.2, 0.25) is 0 Å². The summed E-state index contributed by atoms with van der Waals surface area (Å²) in [5, 5.41) is 0. The van der Waals surface area contributed by atoms with Crippen molar-refractivity contribution in [2.45, 2.75) is 6.92 Å². The number of nitrogens with zero attached hydrogens (tertiary/aromatic N) is 1. The zero-order valence-corrected chi connectivity index (χ0v) is 11.5. The van der Waals surface area contributed by atoms with E-state index >= 15 is 0 Å². The molecule has 0 radical (unpaired) electrons. The molecule has 0 bridgehead atoms. The fourth-order valence-corrected chi connectivity index (χ4v) is 2.00. The number of benzene rings is 1. The van der Waals surface area contributed by atoms with Crippen LogP contribution in [0.3, 0.4) is 0 Å². The minimum atomic E-state index is -0.186. The standard InChI is InChI=1S/C13H13BrN2O2/c1-2-16(10-5-3-4-9(15)8-10)13(17)11-6-7-12(14)18-11/h3-8H,2,15H2,1H3. The maximum absolute atomic E-state index is 12.3. The molecule has 1 amide bonds. The molecule has 0 atom stereocenters. The van der Waals surface area contributed by atoms with Gasteiger partial charge in [-0.2, -0.15) is 0 Å². The van der Waals surface area contributed by atoms with Gasteiger partial charge in [-0.1, -0.05) is 6.07 Å². The molecule has 1 aromatic heterocycles. The third kappa shape index (κ3) is 2.56. The molecule has 2 rings (SSSR count). The van der Waals surface area contributed by atoms with Gasteiger partial charge >= 0.3 is 0 Å². The summed E-state index contributed by atoms with van der Waals surface area (Å²) < 4.78 is 5.81. The van der Waals surface area contributed by atoms with Crippen LogP contribution in [0.25, 0.3) is 0 Å². The second-order valence-electron chi connectivity index (χ2n) is 3.75. The number of amides is 1. The van der Waals surface area contributed by atoms with Gasteiger partial charge in [-0.05, 0) is 53.2 Å². The number of hydrogen-bond donors (Lipinski definition) is 1. The van der Waals surface area contributed by atoms with Crippen molar-refractivity contribution in [3.63, 3.8) is 0 Å². The highest BCUT2D eigenvalue weighted by atomic mass is 79.9.